The van der Waals surface area contributed by atoms with Crippen LogP contribution in [0.25, 0.3) is 5.65 Å². The first-order chi connectivity index (χ1) is 13.7. The van der Waals surface area contributed by atoms with Crippen molar-refractivity contribution in [2.24, 2.45) is 5.92 Å². The smallest absolute Gasteiger partial charge is 0.274 e. The summed E-state index contributed by atoms with van der Waals surface area (Å²) < 4.78 is 2.05. The first-order valence-corrected chi connectivity index (χ1v) is 11.3. The van der Waals surface area contributed by atoms with Crippen LogP contribution in [0.4, 0.5) is 0 Å². The molecule has 1 aliphatic carbocycles. The van der Waals surface area contributed by atoms with Crippen LogP contribution in [0.15, 0.2) is 18.3 Å². The van der Waals surface area contributed by atoms with E-state index in [2.05, 4.69) is 4.90 Å². The summed E-state index contributed by atoms with van der Waals surface area (Å²) in [6.45, 7) is 3.63. The molecule has 0 N–H and O–H groups in total. The predicted molar refractivity (Wildman–Crippen MR) is 111 cm³/mol. The van der Waals surface area contributed by atoms with Crippen LogP contribution in [-0.4, -0.2) is 50.8 Å². The zero-order chi connectivity index (χ0) is 19.1. The van der Waals surface area contributed by atoms with E-state index in [-0.39, 0.29) is 5.91 Å². The number of aromatic nitrogens is 2. The van der Waals surface area contributed by atoms with Crippen molar-refractivity contribution in [3.05, 3.63) is 34.7 Å². The number of halogens is 1. The quantitative estimate of drug-likeness (QED) is 0.767. The molecule has 150 valence electrons. The monoisotopic (exact) mass is 400 g/mol. The topological polar surface area (TPSA) is 40.9 Å². The number of piperidine rings is 1. The lowest BCUT2D eigenvalue weighted by Gasteiger charge is -2.28. The van der Waals surface area contributed by atoms with Crippen LogP contribution >= 0.6 is 11.6 Å². The Balaban J connectivity index is 1.49. The molecule has 28 heavy (non-hydrogen) atoms. The third-order valence-electron chi connectivity index (χ3n) is 6.90. The van der Waals surface area contributed by atoms with E-state index < -0.39 is 0 Å². The Kier molecular flexibility index (Phi) is 5.06. The van der Waals surface area contributed by atoms with Crippen LogP contribution in [0.3, 0.4) is 0 Å². The number of hydrogen-bond acceptors (Lipinski definition) is 3. The normalized spacial score (nSPS) is 26.0. The first kappa shape index (κ1) is 18.4. The van der Waals surface area contributed by atoms with Crippen molar-refractivity contribution >= 4 is 23.2 Å². The van der Waals surface area contributed by atoms with Gasteiger partial charge < -0.3 is 9.30 Å². The summed E-state index contributed by atoms with van der Waals surface area (Å²) in [5.41, 5.74) is 2.46. The third kappa shape index (κ3) is 3.43. The Morgan fingerprint density at radius 3 is 2.61 bits per heavy atom. The summed E-state index contributed by atoms with van der Waals surface area (Å²) >= 11 is 6.29. The van der Waals surface area contributed by atoms with Crippen LogP contribution in [0.2, 0.25) is 5.02 Å². The van der Waals surface area contributed by atoms with Crippen molar-refractivity contribution in [1.82, 2.24) is 19.2 Å². The highest BCUT2D eigenvalue weighted by Crippen LogP contribution is 2.38. The van der Waals surface area contributed by atoms with Gasteiger partial charge in [-0.1, -0.05) is 30.9 Å². The molecule has 2 aliphatic heterocycles. The van der Waals surface area contributed by atoms with Gasteiger partial charge in [-0.2, -0.15) is 0 Å². The maximum atomic E-state index is 13.5. The van der Waals surface area contributed by atoms with Gasteiger partial charge in [0, 0.05) is 38.4 Å². The fourth-order valence-electron chi connectivity index (χ4n) is 5.40. The molecule has 0 aromatic carbocycles. The molecule has 6 heteroatoms. The van der Waals surface area contributed by atoms with E-state index in [0.717, 1.165) is 56.3 Å². The van der Waals surface area contributed by atoms with E-state index >= 15 is 0 Å². The van der Waals surface area contributed by atoms with Crippen molar-refractivity contribution in [2.45, 2.75) is 64.0 Å². The average Bonchev–Trinajstić information content (AvgIpc) is 3.36. The molecule has 3 aliphatic rings. The molecule has 3 fully saturated rings. The largest absolute Gasteiger partial charge is 0.337 e. The molecule has 1 saturated carbocycles. The summed E-state index contributed by atoms with van der Waals surface area (Å²) in [6, 6.07) is 4.45. The van der Waals surface area contributed by atoms with E-state index in [4.69, 9.17) is 16.6 Å². The van der Waals surface area contributed by atoms with E-state index in [0.29, 0.717) is 16.8 Å². The molecule has 4 heterocycles. The fourth-order valence-corrected chi connectivity index (χ4v) is 5.56. The second-order valence-electron chi connectivity index (χ2n) is 8.80. The molecule has 2 bridgehead atoms. The number of fused-ring (bicyclic) bond motifs is 3. The number of pyridine rings is 1. The van der Waals surface area contributed by atoms with Crippen molar-refractivity contribution in [2.75, 3.05) is 19.6 Å². The molecule has 0 spiro atoms. The Hall–Kier alpha value is -1.59. The molecule has 5 rings (SSSR count). The number of carbonyl (C=O) groups is 1. The van der Waals surface area contributed by atoms with Crippen molar-refractivity contribution < 1.29 is 4.79 Å². The van der Waals surface area contributed by atoms with Gasteiger partial charge in [0.2, 0.25) is 0 Å². The molecule has 2 aromatic heterocycles. The molecule has 2 saturated heterocycles. The number of hydrogen-bond donors (Lipinski definition) is 0. The number of carbonyl (C=O) groups excluding carboxylic acids is 1. The number of rotatable bonds is 3. The van der Waals surface area contributed by atoms with Crippen molar-refractivity contribution in [3.63, 3.8) is 0 Å². The number of amides is 1. The number of nitrogens with zero attached hydrogens (tertiary/aromatic N) is 4. The van der Waals surface area contributed by atoms with Gasteiger partial charge >= 0.3 is 0 Å². The van der Waals surface area contributed by atoms with Crippen LogP contribution in [0.1, 0.15) is 67.5 Å². The Morgan fingerprint density at radius 2 is 1.89 bits per heavy atom. The summed E-state index contributed by atoms with van der Waals surface area (Å²) in [6.07, 6.45) is 11.8. The fraction of sp³-hybridized carbons (Fsp3) is 0.636. The van der Waals surface area contributed by atoms with Crippen molar-refractivity contribution in [3.8, 4) is 0 Å². The summed E-state index contributed by atoms with van der Waals surface area (Å²) in [5, 5.41) is 0.680. The van der Waals surface area contributed by atoms with E-state index in [1.807, 2.05) is 27.6 Å². The van der Waals surface area contributed by atoms with Gasteiger partial charge in [0.25, 0.3) is 5.91 Å². The minimum absolute atomic E-state index is 0.0982. The molecule has 2 aromatic rings. The van der Waals surface area contributed by atoms with Gasteiger partial charge in [-0.3, -0.25) is 9.69 Å². The lowest BCUT2D eigenvalue weighted by atomic mass is 10.1. The minimum atomic E-state index is 0.0982. The van der Waals surface area contributed by atoms with Gasteiger partial charge in [0.15, 0.2) is 5.69 Å². The van der Waals surface area contributed by atoms with Crippen LogP contribution < -0.4 is 0 Å². The highest BCUT2D eigenvalue weighted by atomic mass is 35.5. The molecule has 0 radical (unpaired) electrons. The van der Waals surface area contributed by atoms with Gasteiger partial charge in [0.05, 0.1) is 10.7 Å². The van der Waals surface area contributed by atoms with Gasteiger partial charge in [-0.25, -0.2) is 4.98 Å². The van der Waals surface area contributed by atoms with Crippen LogP contribution in [0.5, 0.6) is 0 Å². The number of imidazole rings is 1. The Morgan fingerprint density at radius 1 is 1.11 bits per heavy atom. The summed E-state index contributed by atoms with van der Waals surface area (Å²) in [7, 11) is 0. The summed E-state index contributed by atoms with van der Waals surface area (Å²) in [4.78, 5) is 22.8. The standard InChI is InChI=1S/C22H29ClN4O/c23-17-7-9-20-24-21(22(28)25-10-4-2-1-3-5-11-25)19(27(20)14-17)15-26-13-16-6-8-18(26)12-16/h7,9,14,16,18H,1-6,8,10-13,15H2/t16-,18-/m0/s1. The zero-order valence-corrected chi connectivity index (χ0v) is 17.2. The molecule has 0 unspecified atom stereocenters. The number of likely N-dealkylation sites (tertiary alicyclic amines) is 2. The van der Waals surface area contributed by atoms with Gasteiger partial charge in [-0.15, -0.1) is 0 Å². The minimum Gasteiger partial charge on any atom is -0.337 e. The van der Waals surface area contributed by atoms with Gasteiger partial charge in [0.1, 0.15) is 5.65 Å². The van der Waals surface area contributed by atoms with E-state index in [1.54, 1.807) is 0 Å². The second-order valence-corrected chi connectivity index (χ2v) is 9.24. The predicted octanol–water partition coefficient (Wildman–Crippen LogP) is 4.38. The van der Waals surface area contributed by atoms with Crippen LogP contribution in [-0.2, 0) is 6.54 Å². The van der Waals surface area contributed by atoms with E-state index in [9.17, 15) is 4.79 Å². The highest BCUT2D eigenvalue weighted by molar-refractivity contribution is 6.30. The SMILES string of the molecule is O=C(c1nc2ccc(Cl)cn2c1CN1C[C@H]2CC[C@H]1C2)N1CCCCCCC1. The highest BCUT2D eigenvalue weighted by Gasteiger charge is 2.38. The molecule has 5 nitrogen and oxygen atoms in total. The average molecular weight is 401 g/mol. The zero-order valence-electron chi connectivity index (χ0n) is 16.4. The maximum Gasteiger partial charge on any atom is 0.274 e. The third-order valence-corrected chi connectivity index (χ3v) is 7.13. The molecular weight excluding hydrogens is 372 g/mol. The lowest BCUT2D eigenvalue weighted by molar-refractivity contribution is 0.0734. The van der Waals surface area contributed by atoms with Gasteiger partial charge in [-0.05, 0) is 50.2 Å². The lowest BCUT2D eigenvalue weighted by Crippen LogP contribution is -2.36. The van der Waals surface area contributed by atoms with E-state index in [1.165, 1.54) is 38.5 Å². The second kappa shape index (κ2) is 7.68. The molecular formula is C22H29ClN4O. The van der Waals surface area contributed by atoms with Crippen molar-refractivity contribution in [1.29, 1.82) is 0 Å². The Bertz CT molecular complexity index is 871. The Labute approximate surface area is 171 Å². The van der Waals surface area contributed by atoms with Crippen LogP contribution in [0, 0.1) is 5.92 Å². The first-order valence-electron chi connectivity index (χ1n) is 10.9. The molecule has 2 atom stereocenters. The maximum absolute atomic E-state index is 13.5. The summed E-state index contributed by atoms with van der Waals surface area (Å²) in [5.74, 6) is 0.933. The molecule has 1 amide bonds.